The minimum Gasteiger partial charge on any atom is -0.375 e. The molecule has 0 aliphatic carbocycles. The molecule has 1 amide bonds. The predicted octanol–water partition coefficient (Wildman–Crippen LogP) is 2.45. The van der Waals surface area contributed by atoms with Gasteiger partial charge in [0.05, 0.1) is 35.7 Å². The molecule has 6 heteroatoms. The average molecular weight is 305 g/mol. The number of imidazole rings is 1. The number of aryl methyl sites for hydroxylation is 1. The van der Waals surface area contributed by atoms with Gasteiger partial charge in [0, 0.05) is 19.7 Å². The third-order valence-corrected chi connectivity index (χ3v) is 4.78. The first-order valence-electron chi connectivity index (χ1n) is 7.14. The van der Waals surface area contributed by atoms with Gasteiger partial charge in [-0.05, 0) is 30.9 Å². The second kappa shape index (κ2) is 5.99. The van der Waals surface area contributed by atoms with Crippen molar-refractivity contribution in [3.63, 3.8) is 0 Å². The first-order chi connectivity index (χ1) is 10.2. The summed E-state index contributed by atoms with van der Waals surface area (Å²) in [6.07, 6.45) is 1.85. The Morgan fingerprint density at radius 1 is 1.48 bits per heavy atom. The van der Waals surface area contributed by atoms with Crippen LogP contribution in [0.4, 0.5) is 0 Å². The molecule has 112 valence electrons. The van der Waals surface area contributed by atoms with Crippen LogP contribution in [-0.4, -0.2) is 33.5 Å². The molecule has 1 aliphatic heterocycles. The van der Waals surface area contributed by atoms with Crippen LogP contribution in [-0.2, 0) is 24.4 Å². The lowest BCUT2D eigenvalue weighted by molar-refractivity contribution is 0.0710. The molecule has 0 spiro atoms. The van der Waals surface area contributed by atoms with Gasteiger partial charge in [-0.15, -0.1) is 11.3 Å². The van der Waals surface area contributed by atoms with Crippen LogP contribution in [0.15, 0.2) is 17.8 Å². The van der Waals surface area contributed by atoms with Crippen molar-refractivity contribution < 1.29 is 9.53 Å². The fourth-order valence-electron chi connectivity index (χ4n) is 2.54. The summed E-state index contributed by atoms with van der Waals surface area (Å²) in [5, 5.41) is 1.97. The Hall–Kier alpha value is -1.66. The van der Waals surface area contributed by atoms with Gasteiger partial charge >= 0.3 is 0 Å². The number of amides is 1. The molecule has 0 saturated heterocycles. The lowest BCUT2D eigenvalue weighted by atomic mass is 10.2. The molecule has 2 aromatic heterocycles. The quantitative estimate of drug-likeness (QED) is 0.871. The van der Waals surface area contributed by atoms with Gasteiger partial charge in [0.1, 0.15) is 0 Å². The Balaban J connectivity index is 1.79. The van der Waals surface area contributed by atoms with Gasteiger partial charge in [-0.2, -0.15) is 0 Å². The van der Waals surface area contributed by atoms with Gasteiger partial charge < -0.3 is 14.2 Å². The maximum absolute atomic E-state index is 12.6. The Morgan fingerprint density at radius 3 is 3.05 bits per heavy atom. The molecule has 3 heterocycles. The van der Waals surface area contributed by atoms with Crippen LogP contribution in [0.5, 0.6) is 0 Å². The summed E-state index contributed by atoms with van der Waals surface area (Å²) in [7, 11) is 0. The van der Waals surface area contributed by atoms with Gasteiger partial charge in [0.15, 0.2) is 0 Å². The number of carbonyl (C=O) groups is 1. The van der Waals surface area contributed by atoms with E-state index in [-0.39, 0.29) is 5.91 Å². The van der Waals surface area contributed by atoms with E-state index >= 15 is 0 Å². The van der Waals surface area contributed by atoms with Crippen molar-refractivity contribution in [3.05, 3.63) is 39.6 Å². The van der Waals surface area contributed by atoms with Crippen molar-refractivity contribution >= 4 is 17.2 Å². The van der Waals surface area contributed by atoms with E-state index in [1.807, 2.05) is 36.5 Å². The summed E-state index contributed by atoms with van der Waals surface area (Å²) in [5.41, 5.74) is 3.09. The lowest BCUT2D eigenvalue weighted by Crippen LogP contribution is -2.38. The molecule has 2 aromatic rings. The number of thiophene rings is 1. The zero-order chi connectivity index (χ0) is 14.8. The van der Waals surface area contributed by atoms with Gasteiger partial charge in [0.25, 0.3) is 5.91 Å². The zero-order valence-electron chi connectivity index (χ0n) is 12.3. The summed E-state index contributed by atoms with van der Waals surface area (Å²) in [6.45, 7) is 7.27. The highest BCUT2D eigenvalue weighted by atomic mass is 32.1. The van der Waals surface area contributed by atoms with Gasteiger partial charge in [-0.1, -0.05) is 0 Å². The maximum atomic E-state index is 12.6. The minimum absolute atomic E-state index is 0.123. The van der Waals surface area contributed by atoms with Crippen LogP contribution in [0.25, 0.3) is 0 Å². The maximum Gasteiger partial charge on any atom is 0.264 e. The molecule has 0 fully saturated rings. The standard InChI is InChI=1S/C15H19N3O2S/c1-3-20-9-12-13-8-17(5-6-18(13)10-16-12)15(19)14-11(2)4-7-21-14/h4,7,10H,3,5-6,8-9H2,1-2H3. The summed E-state index contributed by atoms with van der Waals surface area (Å²) >= 11 is 1.51. The number of aromatic nitrogens is 2. The van der Waals surface area contributed by atoms with Crippen molar-refractivity contribution in [1.82, 2.24) is 14.5 Å². The minimum atomic E-state index is 0.123. The predicted molar refractivity (Wildman–Crippen MR) is 81.4 cm³/mol. The van der Waals surface area contributed by atoms with Crippen molar-refractivity contribution in [1.29, 1.82) is 0 Å². The van der Waals surface area contributed by atoms with Crippen molar-refractivity contribution in [2.75, 3.05) is 13.2 Å². The largest absolute Gasteiger partial charge is 0.375 e. The monoisotopic (exact) mass is 305 g/mol. The average Bonchev–Trinajstić information content (AvgIpc) is 3.10. The first-order valence-corrected chi connectivity index (χ1v) is 8.02. The summed E-state index contributed by atoms with van der Waals surface area (Å²) in [6, 6.07) is 1.99. The van der Waals surface area contributed by atoms with Crippen LogP contribution in [0.3, 0.4) is 0 Å². The number of carbonyl (C=O) groups excluding carboxylic acids is 1. The third-order valence-electron chi connectivity index (χ3n) is 3.77. The molecule has 21 heavy (non-hydrogen) atoms. The van der Waals surface area contributed by atoms with Crippen LogP contribution < -0.4 is 0 Å². The fraction of sp³-hybridized carbons (Fsp3) is 0.467. The normalized spacial score (nSPS) is 14.3. The Labute approximate surface area is 128 Å². The summed E-state index contributed by atoms with van der Waals surface area (Å²) in [5.74, 6) is 0.123. The molecule has 1 aliphatic rings. The Bertz CT molecular complexity index is 647. The lowest BCUT2D eigenvalue weighted by Gasteiger charge is -2.28. The summed E-state index contributed by atoms with van der Waals surface area (Å²) in [4.78, 5) is 19.8. The Morgan fingerprint density at radius 2 is 2.33 bits per heavy atom. The smallest absolute Gasteiger partial charge is 0.264 e. The highest BCUT2D eigenvalue weighted by molar-refractivity contribution is 7.12. The van der Waals surface area contributed by atoms with Crippen molar-refractivity contribution in [3.8, 4) is 0 Å². The Kier molecular flexibility index (Phi) is 4.07. The first kappa shape index (κ1) is 14.3. The SMILES string of the molecule is CCOCc1ncn2c1CN(C(=O)c1sccc1C)CC2. The molecule has 0 radical (unpaired) electrons. The van der Waals surface area contributed by atoms with E-state index in [1.165, 1.54) is 11.3 Å². The molecule has 0 saturated carbocycles. The highest BCUT2D eigenvalue weighted by Gasteiger charge is 2.25. The van der Waals surface area contributed by atoms with Gasteiger partial charge in [-0.25, -0.2) is 4.98 Å². The highest BCUT2D eigenvalue weighted by Crippen LogP contribution is 2.22. The van der Waals surface area contributed by atoms with E-state index in [0.717, 1.165) is 34.9 Å². The molecule has 0 atom stereocenters. The van der Waals surface area contributed by atoms with Crippen molar-refractivity contribution in [2.24, 2.45) is 0 Å². The second-order valence-electron chi connectivity index (χ2n) is 5.13. The second-order valence-corrected chi connectivity index (χ2v) is 6.04. The van der Waals surface area contributed by atoms with E-state index in [4.69, 9.17) is 4.74 Å². The van der Waals surface area contributed by atoms with Gasteiger partial charge in [-0.3, -0.25) is 4.79 Å². The van der Waals surface area contributed by atoms with E-state index in [1.54, 1.807) is 0 Å². The molecular weight excluding hydrogens is 286 g/mol. The van der Waals surface area contributed by atoms with E-state index < -0.39 is 0 Å². The number of hydrogen-bond donors (Lipinski definition) is 0. The van der Waals surface area contributed by atoms with E-state index in [9.17, 15) is 4.79 Å². The third kappa shape index (κ3) is 2.73. The number of rotatable bonds is 4. The van der Waals surface area contributed by atoms with Crippen LogP contribution in [0, 0.1) is 6.92 Å². The van der Waals surface area contributed by atoms with E-state index in [2.05, 4.69) is 9.55 Å². The van der Waals surface area contributed by atoms with Crippen LogP contribution in [0.1, 0.15) is 33.5 Å². The molecule has 5 nitrogen and oxygen atoms in total. The van der Waals surface area contributed by atoms with Crippen LogP contribution in [0.2, 0.25) is 0 Å². The summed E-state index contributed by atoms with van der Waals surface area (Å²) < 4.78 is 7.58. The van der Waals surface area contributed by atoms with Gasteiger partial charge in [0.2, 0.25) is 0 Å². The molecule has 3 rings (SSSR count). The number of nitrogens with zero attached hydrogens (tertiary/aromatic N) is 3. The number of fused-ring (bicyclic) bond motifs is 1. The topological polar surface area (TPSA) is 47.4 Å². The zero-order valence-corrected chi connectivity index (χ0v) is 13.2. The molecule has 0 unspecified atom stereocenters. The van der Waals surface area contributed by atoms with Crippen LogP contribution >= 0.6 is 11.3 Å². The van der Waals surface area contributed by atoms with E-state index in [0.29, 0.717) is 19.8 Å². The molecule has 0 aromatic carbocycles. The fourth-order valence-corrected chi connectivity index (χ4v) is 3.43. The molecule has 0 N–H and O–H groups in total. The van der Waals surface area contributed by atoms with Crippen molar-refractivity contribution in [2.45, 2.75) is 33.5 Å². The molecule has 0 bridgehead atoms. The molecular formula is C15H19N3O2S. The number of ether oxygens (including phenoxy) is 1. The number of hydrogen-bond acceptors (Lipinski definition) is 4.